The molecule has 1 saturated heterocycles. The zero-order valence-electron chi connectivity index (χ0n) is 22.0. The highest BCUT2D eigenvalue weighted by molar-refractivity contribution is 7.13. The molecule has 0 bridgehead atoms. The van der Waals surface area contributed by atoms with E-state index in [2.05, 4.69) is 34.1 Å². The molecule has 37 heavy (non-hydrogen) atoms. The van der Waals surface area contributed by atoms with Gasteiger partial charge in [0, 0.05) is 45.2 Å². The number of likely N-dealkylation sites (N-methyl/N-ethyl adjacent to an activating group) is 1. The number of aromatic nitrogens is 1. The maximum Gasteiger partial charge on any atom is 0.407 e. The van der Waals surface area contributed by atoms with Gasteiger partial charge in [0.1, 0.15) is 11.3 Å². The fourth-order valence-electron chi connectivity index (χ4n) is 3.29. The van der Waals surface area contributed by atoms with Gasteiger partial charge < -0.3 is 35.2 Å². The number of hydrogen-bond donors (Lipinski definition) is 3. The minimum Gasteiger partial charge on any atom is -0.444 e. The Morgan fingerprint density at radius 3 is 2.41 bits per heavy atom. The Kier molecular flexibility index (Phi) is 10.6. The molecule has 0 spiro atoms. The third-order valence-corrected chi connectivity index (χ3v) is 6.15. The Hall–Kier alpha value is -3.45. The largest absolute Gasteiger partial charge is 0.444 e. The summed E-state index contributed by atoms with van der Waals surface area (Å²) < 4.78 is 10.2. The van der Waals surface area contributed by atoms with Crippen LogP contribution in [0.5, 0.6) is 0 Å². The van der Waals surface area contributed by atoms with Crippen LogP contribution < -0.4 is 20.9 Å². The summed E-state index contributed by atoms with van der Waals surface area (Å²) in [6.07, 6.45) is 0.982. The van der Waals surface area contributed by atoms with Gasteiger partial charge in [-0.2, -0.15) is 0 Å². The Morgan fingerprint density at radius 1 is 1.16 bits per heavy atom. The van der Waals surface area contributed by atoms with Gasteiger partial charge in [0.15, 0.2) is 5.13 Å². The summed E-state index contributed by atoms with van der Waals surface area (Å²) in [4.78, 5) is 56.9. The average molecular weight is 537 g/mol. The highest BCUT2D eigenvalue weighted by Crippen LogP contribution is 2.24. The van der Waals surface area contributed by atoms with E-state index in [0.717, 1.165) is 0 Å². The molecular weight excluding hydrogens is 500 g/mol. The van der Waals surface area contributed by atoms with Gasteiger partial charge in [-0.1, -0.05) is 13.2 Å². The molecule has 0 saturated carbocycles. The summed E-state index contributed by atoms with van der Waals surface area (Å²) in [6.45, 7) is 14.5. The molecule has 0 radical (unpaired) electrons. The molecule has 1 aliphatic heterocycles. The summed E-state index contributed by atoms with van der Waals surface area (Å²) in [5, 5.41) is 9.87. The van der Waals surface area contributed by atoms with Crippen LogP contribution >= 0.6 is 11.3 Å². The van der Waals surface area contributed by atoms with Crippen LogP contribution in [0.25, 0.3) is 0 Å². The first kappa shape index (κ1) is 29.8. The van der Waals surface area contributed by atoms with Crippen molar-refractivity contribution in [3.05, 3.63) is 35.6 Å². The first-order valence-electron chi connectivity index (χ1n) is 11.8. The van der Waals surface area contributed by atoms with Crippen molar-refractivity contribution in [2.75, 3.05) is 45.3 Å². The van der Waals surface area contributed by atoms with Crippen molar-refractivity contribution in [3.8, 4) is 0 Å². The van der Waals surface area contributed by atoms with Crippen molar-refractivity contribution in [2.45, 2.75) is 45.3 Å². The lowest BCUT2D eigenvalue weighted by Gasteiger charge is -2.32. The lowest BCUT2D eigenvalue weighted by Crippen LogP contribution is -2.46. The van der Waals surface area contributed by atoms with Crippen LogP contribution in [-0.2, 0) is 19.1 Å². The standard InChI is InChI=1S/C24H36N6O6S/c1-15(19(31)26-16(2)21(33)29(6)12-13-35-7)25-20(32)18-14-37-22(28-18)30-10-8-17(9-11-30)27-23(34)36-24(3,4)5/h14,17H,1-2,8-13H2,3-7H3,(H,25,32)(H,26,31)(H,27,34). The van der Waals surface area contributed by atoms with E-state index < -0.39 is 29.4 Å². The van der Waals surface area contributed by atoms with Crippen molar-refractivity contribution in [2.24, 2.45) is 0 Å². The summed E-state index contributed by atoms with van der Waals surface area (Å²) in [7, 11) is 3.07. The summed E-state index contributed by atoms with van der Waals surface area (Å²) in [5.74, 6) is -1.85. The molecular formula is C24H36N6O6S. The minimum absolute atomic E-state index is 0.00272. The van der Waals surface area contributed by atoms with Crippen LogP contribution in [0.1, 0.15) is 44.1 Å². The Labute approximate surface area is 221 Å². The topological polar surface area (TPSA) is 142 Å². The number of carbonyl (C=O) groups is 4. The maximum absolute atomic E-state index is 12.6. The number of rotatable bonds is 10. The quantitative estimate of drug-likeness (QED) is 0.383. The molecule has 2 rings (SSSR count). The van der Waals surface area contributed by atoms with Gasteiger partial charge in [-0.15, -0.1) is 11.3 Å². The molecule has 1 aliphatic rings. The number of thiazole rings is 1. The molecule has 12 nitrogen and oxygen atoms in total. The third kappa shape index (κ3) is 9.50. The normalized spacial score (nSPS) is 13.9. The smallest absolute Gasteiger partial charge is 0.407 e. The molecule has 1 aromatic rings. The number of nitrogens with zero attached hydrogens (tertiary/aromatic N) is 3. The molecule has 13 heteroatoms. The number of hydrogen-bond acceptors (Lipinski definition) is 9. The summed E-state index contributed by atoms with van der Waals surface area (Å²) >= 11 is 1.30. The van der Waals surface area contributed by atoms with E-state index in [1.165, 1.54) is 23.3 Å². The molecule has 0 aromatic carbocycles. The van der Waals surface area contributed by atoms with E-state index in [-0.39, 0.29) is 23.1 Å². The van der Waals surface area contributed by atoms with Gasteiger partial charge >= 0.3 is 6.09 Å². The fourth-order valence-corrected chi connectivity index (χ4v) is 4.15. The maximum atomic E-state index is 12.6. The van der Waals surface area contributed by atoms with Crippen molar-refractivity contribution >= 4 is 40.3 Å². The fraction of sp³-hybridized carbons (Fsp3) is 0.542. The number of amides is 4. The van der Waals surface area contributed by atoms with E-state index in [4.69, 9.17) is 9.47 Å². The lowest BCUT2D eigenvalue weighted by molar-refractivity contribution is -0.128. The van der Waals surface area contributed by atoms with Crippen LogP contribution in [0.2, 0.25) is 0 Å². The number of anilines is 1. The second-order valence-corrected chi connectivity index (χ2v) is 10.3. The van der Waals surface area contributed by atoms with Crippen LogP contribution in [0.3, 0.4) is 0 Å². The van der Waals surface area contributed by atoms with Gasteiger partial charge in [-0.05, 0) is 33.6 Å². The van der Waals surface area contributed by atoms with Crippen molar-refractivity contribution in [1.82, 2.24) is 25.8 Å². The minimum atomic E-state index is -0.762. The molecule has 1 aromatic heterocycles. The predicted molar refractivity (Wildman–Crippen MR) is 140 cm³/mol. The number of alkyl carbamates (subject to hydrolysis) is 1. The summed E-state index contributed by atoms with van der Waals surface area (Å²) in [5.41, 5.74) is -0.820. The zero-order valence-corrected chi connectivity index (χ0v) is 22.8. The second-order valence-electron chi connectivity index (χ2n) is 9.51. The highest BCUT2D eigenvalue weighted by atomic mass is 32.1. The number of nitrogens with one attached hydrogen (secondary N) is 3. The molecule has 0 aliphatic carbocycles. The highest BCUT2D eigenvalue weighted by Gasteiger charge is 2.26. The van der Waals surface area contributed by atoms with Crippen molar-refractivity contribution in [3.63, 3.8) is 0 Å². The van der Waals surface area contributed by atoms with Crippen LogP contribution in [0, 0.1) is 0 Å². The monoisotopic (exact) mass is 536 g/mol. The van der Waals surface area contributed by atoms with Gasteiger partial charge in [0.25, 0.3) is 17.7 Å². The first-order chi connectivity index (χ1) is 17.3. The Morgan fingerprint density at radius 2 is 1.81 bits per heavy atom. The van der Waals surface area contributed by atoms with Crippen LogP contribution in [0.15, 0.2) is 29.9 Å². The van der Waals surface area contributed by atoms with E-state index >= 15 is 0 Å². The van der Waals surface area contributed by atoms with Crippen molar-refractivity contribution < 1.29 is 28.7 Å². The molecule has 4 amide bonds. The number of piperidine rings is 1. The first-order valence-corrected chi connectivity index (χ1v) is 12.6. The van der Waals surface area contributed by atoms with Gasteiger partial charge in [-0.25, -0.2) is 9.78 Å². The van der Waals surface area contributed by atoms with Crippen molar-refractivity contribution in [1.29, 1.82) is 0 Å². The second kappa shape index (κ2) is 13.2. The van der Waals surface area contributed by atoms with Gasteiger partial charge in [-0.3, -0.25) is 14.4 Å². The predicted octanol–water partition coefficient (Wildman–Crippen LogP) is 1.61. The zero-order chi connectivity index (χ0) is 27.8. The van der Waals surface area contributed by atoms with Crippen LogP contribution in [-0.4, -0.2) is 85.7 Å². The molecule has 3 N–H and O–H groups in total. The molecule has 2 heterocycles. The van der Waals surface area contributed by atoms with E-state index in [0.29, 0.717) is 44.2 Å². The number of ether oxygens (including phenoxy) is 2. The Balaban J connectivity index is 1.83. The van der Waals surface area contributed by atoms with E-state index in [1.807, 2.05) is 25.7 Å². The molecule has 1 fully saturated rings. The van der Waals surface area contributed by atoms with E-state index in [1.54, 1.807) is 12.4 Å². The summed E-state index contributed by atoms with van der Waals surface area (Å²) in [6, 6.07) is -0.00272. The Bertz CT molecular complexity index is 1030. The SMILES string of the molecule is C=C(NC(=O)c1csc(N2CCC(NC(=O)OC(C)(C)C)CC2)n1)C(=O)NC(=C)C(=O)N(C)CCOC. The number of carbonyl (C=O) groups excluding carboxylic acids is 4. The number of methoxy groups -OCH3 is 1. The molecule has 0 atom stereocenters. The third-order valence-electron chi connectivity index (χ3n) is 5.25. The average Bonchev–Trinajstić information content (AvgIpc) is 3.31. The molecule has 0 unspecified atom stereocenters. The lowest BCUT2D eigenvalue weighted by atomic mass is 10.1. The van der Waals surface area contributed by atoms with E-state index in [9.17, 15) is 19.2 Å². The molecule has 204 valence electrons. The van der Waals surface area contributed by atoms with Crippen LogP contribution in [0.4, 0.5) is 9.93 Å². The van der Waals surface area contributed by atoms with Gasteiger partial charge in [0.2, 0.25) is 0 Å². The van der Waals surface area contributed by atoms with Gasteiger partial charge in [0.05, 0.1) is 18.0 Å².